The van der Waals surface area contributed by atoms with E-state index in [1.165, 1.54) is 25.7 Å². The molecule has 82 valence electrons. The summed E-state index contributed by atoms with van der Waals surface area (Å²) in [7, 11) is 1.76. The maximum atomic E-state index is 5.92. The van der Waals surface area contributed by atoms with Gasteiger partial charge in [-0.3, -0.25) is 0 Å². The minimum absolute atomic E-state index is 0.279. The summed E-state index contributed by atoms with van der Waals surface area (Å²) in [5, 5.41) is 0. The summed E-state index contributed by atoms with van der Waals surface area (Å²) in [5.41, 5.74) is 6.20. The van der Waals surface area contributed by atoms with Gasteiger partial charge in [0.05, 0.1) is 12.2 Å². The van der Waals surface area contributed by atoms with Crippen molar-refractivity contribution in [3.63, 3.8) is 0 Å². The molecule has 3 nitrogen and oxygen atoms in total. The molecule has 3 unspecified atom stereocenters. The highest BCUT2D eigenvalue weighted by atomic mass is 16.5. The number of hydrogen-bond donors (Lipinski definition) is 1. The van der Waals surface area contributed by atoms with E-state index in [1.807, 2.05) is 0 Å². The van der Waals surface area contributed by atoms with Gasteiger partial charge >= 0.3 is 0 Å². The molecule has 2 bridgehead atoms. The van der Waals surface area contributed by atoms with Crippen molar-refractivity contribution in [2.24, 2.45) is 11.1 Å². The first-order chi connectivity index (χ1) is 6.80. The van der Waals surface area contributed by atoms with Crippen LogP contribution in [0.3, 0.4) is 0 Å². The minimum atomic E-state index is 0.279. The lowest BCUT2D eigenvalue weighted by Crippen LogP contribution is -2.39. The molecule has 0 saturated carbocycles. The molecule has 2 heterocycles. The zero-order valence-corrected chi connectivity index (χ0v) is 9.00. The van der Waals surface area contributed by atoms with Gasteiger partial charge in [0.15, 0.2) is 0 Å². The molecule has 0 amide bonds. The Balaban J connectivity index is 1.90. The predicted octanol–water partition coefficient (Wildman–Crippen LogP) is 1.31. The topological polar surface area (TPSA) is 44.5 Å². The molecule has 2 saturated heterocycles. The molecule has 0 radical (unpaired) electrons. The van der Waals surface area contributed by atoms with E-state index in [-0.39, 0.29) is 5.41 Å². The maximum Gasteiger partial charge on any atom is 0.0649 e. The van der Waals surface area contributed by atoms with E-state index in [4.69, 9.17) is 15.2 Å². The Morgan fingerprint density at radius 1 is 1.50 bits per heavy atom. The molecule has 0 aromatic carbocycles. The third-order valence-corrected chi connectivity index (χ3v) is 3.85. The molecular weight excluding hydrogens is 178 g/mol. The summed E-state index contributed by atoms with van der Waals surface area (Å²) < 4.78 is 11.0. The van der Waals surface area contributed by atoms with Gasteiger partial charge in [0, 0.05) is 25.7 Å². The van der Waals surface area contributed by atoms with Crippen LogP contribution in [0.5, 0.6) is 0 Å². The lowest BCUT2D eigenvalue weighted by Gasteiger charge is -2.34. The van der Waals surface area contributed by atoms with E-state index in [1.54, 1.807) is 7.11 Å². The Bertz CT molecular complexity index is 198. The van der Waals surface area contributed by atoms with Crippen LogP contribution in [0.1, 0.15) is 32.1 Å². The van der Waals surface area contributed by atoms with Crippen LogP contribution in [-0.2, 0) is 9.47 Å². The summed E-state index contributed by atoms with van der Waals surface area (Å²) in [4.78, 5) is 0. The molecule has 0 aromatic rings. The van der Waals surface area contributed by atoms with E-state index in [0.717, 1.165) is 19.6 Å². The van der Waals surface area contributed by atoms with Gasteiger partial charge in [0.1, 0.15) is 0 Å². The molecule has 2 rings (SSSR count). The van der Waals surface area contributed by atoms with Crippen LogP contribution in [0.2, 0.25) is 0 Å². The quantitative estimate of drug-likeness (QED) is 0.679. The Labute approximate surface area is 85.9 Å². The standard InChI is InChI=1S/C11H21NO2/c1-13-6-2-5-11(8-12)7-9-3-4-10(11)14-9/h9-10H,2-8,12H2,1H3. The number of ether oxygens (including phenoxy) is 2. The molecule has 2 aliphatic heterocycles. The monoisotopic (exact) mass is 199 g/mol. The third kappa shape index (κ3) is 1.69. The largest absolute Gasteiger partial charge is 0.385 e. The Kier molecular flexibility index (Phi) is 3.10. The zero-order chi connectivity index (χ0) is 10.0. The summed E-state index contributed by atoms with van der Waals surface area (Å²) in [6, 6.07) is 0. The molecule has 0 aliphatic carbocycles. The summed E-state index contributed by atoms with van der Waals surface area (Å²) in [5.74, 6) is 0. The molecule has 14 heavy (non-hydrogen) atoms. The Morgan fingerprint density at radius 3 is 2.86 bits per heavy atom. The minimum Gasteiger partial charge on any atom is -0.385 e. The Hall–Kier alpha value is -0.120. The second-order valence-electron chi connectivity index (χ2n) is 4.69. The van der Waals surface area contributed by atoms with Crippen molar-refractivity contribution in [3.05, 3.63) is 0 Å². The zero-order valence-electron chi connectivity index (χ0n) is 9.00. The fraction of sp³-hybridized carbons (Fsp3) is 1.00. The van der Waals surface area contributed by atoms with Crippen LogP contribution in [-0.4, -0.2) is 32.5 Å². The average molecular weight is 199 g/mol. The van der Waals surface area contributed by atoms with Crippen LogP contribution in [0.4, 0.5) is 0 Å². The average Bonchev–Trinajstić information content (AvgIpc) is 2.78. The van der Waals surface area contributed by atoms with Gasteiger partial charge in [-0.2, -0.15) is 0 Å². The van der Waals surface area contributed by atoms with Crippen molar-refractivity contribution in [1.29, 1.82) is 0 Å². The molecule has 2 fully saturated rings. The maximum absolute atomic E-state index is 5.92. The van der Waals surface area contributed by atoms with Gasteiger partial charge < -0.3 is 15.2 Å². The van der Waals surface area contributed by atoms with Crippen molar-refractivity contribution in [2.75, 3.05) is 20.3 Å². The van der Waals surface area contributed by atoms with Crippen molar-refractivity contribution >= 4 is 0 Å². The van der Waals surface area contributed by atoms with Crippen LogP contribution in [0.15, 0.2) is 0 Å². The summed E-state index contributed by atoms with van der Waals surface area (Å²) in [6.07, 6.45) is 6.86. The van der Waals surface area contributed by atoms with Gasteiger partial charge in [-0.1, -0.05) is 0 Å². The lowest BCUT2D eigenvalue weighted by atomic mass is 9.71. The van der Waals surface area contributed by atoms with Crippen LogP contribution in [0, 0.1) is 5.41 Å². The summed E-state index contributed by atoms with van der Waals surface area (Å²) in [6.45, 7) is 1.62. The number of nitrogens with two attached hydrogens (primary N) is 1. The van der Waals surface area contributed by atoms with E-state index in [2.05, 4.69) is 0 Å². The van der Waals surface area contributed by atoms with E-state index in [9.17, 15) is 0 Å². The molecule has 0 aromatic heterocycles. The van der Waals surface area contributed by atoms with Crippen molar-refractivity contribution < 1.29 is 9.47 Å². The first-order valence-corrected chi connectivity index (χ1v) is 5.65. The van der Waals surface area contributed by atoms with Crippen LogP contribution < -0.4 is 5.73 Å². The van der Waals surface area contributed by atoms with Crippen molar-refractivity contribution in [1.82, 2.24) is 0 Å². The first-order valence-electron chi connectivity index (χ1n) is 5.65. The molecule has 2 N–H and O–H groups in total. The lowest BCUT2D eigenvalue weighted by molar-refractivity contribution is 0.0549. The second-order valence-corrected chi connectivity index (χ2v) is 4.69. The molecule has 3 heteroatoms. The van der Waals surface area contributed by atoms with Gasteiger partial charge in [-0.05, 0) is 32.1 Å². The molecule has 3 atom stereocenters. The fourth-order valence-corrected chi connectivity index (χ4v) is 3.04. The van der Waals surface area contributed by atoms with E-state index in [0.29, 0.717) is 12.2 Å². The molecular formula is C11H21NO2. The molecule has 2 aliphatic rings. The van der Waals surface area contributed by atoms with Gasteiger partial charge in [-0.25, -0.2) is 0 Å². The highest BCUT2D eigenvalue weighted by molar-refractivity contribution is 5.00. The predicted molar refractivity (Wildman–Crippen MR) is 55.1 cm³/mol. The van der Waals surface area contributed by atoms with Gasteiger partial charge in [-0.15, -0.1) is 0 Å². The number of rotatable bonds is 5. The normalized spacial score (nSPS) is 40.7. The van der Waals surface area contributed by atoms with Crippen LogP contribution in [0.25, 0.3) is 0 Å². The Morgan fingerprint density at radius 2 is 2.36 bits per heavy atom. The van der Waals surface area contributed by atoms with Gasteiger partial charge in [0.25, 0.3) is 0 Å². The fourth-order valence-electron chi connectivity index (χ4n) is 3.04. The van der Waals surface area contributed by atoms with E-state index < -0.39 is 0 Å². The number of fused-ring (bicyclic) bond motifs is 2. The highest BCUT2D eigenvalue weighted by Gasteiger charge is 2.50. The van der Waals surface area contributed by atoms with Crippen molar-refractivity contribution in [2.45, 2.75) is 44.3 Å². The first kappa shape index (κ1) is 10.4. The highest BCUT2D eigenvalue weighted by Crippen LogP contribution is 2.49. The molecule has 0 spiro atoms. The third-order valence-electron chi connectivity index (χ3n) is 3.85. The van der Waals surface area contributed by atoms with Gasteiger partial charge in [0.2, 0.25) is 0 Å². The van der Waals surface area contributed by atoms with Crippen molar-refractivity contribution in [3.8, 4) is 0 Å². The SMILES string of the molecule is COCCCC1(CN)CC2CCC1O2. The van der Waals surface area contributed by atoms with E-state index >= 15 is 0 Å². The number of hydrogen-bond acceptors (Lipinski definition) is 3. The number of methoxy groups -OCH3 is 1. The second kappa shape index (κ2) is 4.17. The van der Waals surface area contributed by atoms with Crippen LogP contribution >= 0.6 is 0 Å². The summed E-state index contributed by atoms with van der Waals surface area (Å²) >= 11 is 0. The smallest absolute Gasteiger partial charge is 0.0649 e.